The number of ether oxygens (including phenoxy) is 1. The molecule has 0 saturated heterocycles. The van der Waals surface area contributed by atoms with Crippen molar-refractivity contribution in [3.05, 3.63) is 0 Å². The molecular formula is C11H19N5OS. The highest BCUT2D eigenvalue weighted by Gasteiger charge is 2.21. The third kappa shape index (κ3) is 3.46. The molecule has 0 radical (unpaired) electrons. The zero-order chi connectivity index (χ0) is 13.0. The van der Waals surface area contributed by atoms with Gasteiger partial charge in [0, 0.05) is 5.25 Å². The van der Waals surface area contributed by atoms with E-state index in [-0.39, 0.29) is 0 Å². The zero-order valence-corrected chi connectivity index (χ0v) is 11.5. The Balaban J connectivity index is 2.07. The summed E-state index contributed by atoms with van der Waals surface area (Å²) in [6.45, 7) is 2.30. The fourth-order valence-electron chi connectivity index (χ4n) is 2.18. The van der Waals surface area contributed by atoms with Gasteiger partial charge in [0.05, 0.1) is 7.11 Å². The average molecular weight is 269 g/mol. The molecule has 2 atom stereocenters. The lowest BCUT2D eigenvalue weighted by atomic mass is 9.91. The first-order valence-electron chi connectivity index (χ1n) is 6.14. The van der Waals surface area contributed by atoms with E-state index in [1.165, 1.54) is 32.8 Å². The van der Waals surface area contributed by atoms with Crippen LogP contribution in [0.5, 0.6) is 6.01 Å². The molecule has 0 aromatic carbocycles. The average Bonchev–Trinajstić information content (AvgIpc) is 2.38. The van der Waals surface area contributed by atoms with E-state index in [0.717, 1.165) is 5.92 Å². The Morgan fingerprint density at radius 1 is 1.33 bits per heavy atom. The van der Waals surface area contributed by atoms with Crippen LogP contribution in [0.4, 0.5) is 5.95 Å². The molecule has 0 spiro atoms. The summed E-state index contributed by atoms with van der Waals surface area (Å²) in [4.78, 5) is 12.5. The van der Waals surface area contributed by atoms with E-state index in [2.05, 4.69) is 27.3 Å². The molecule has 0 amide bonds. The number of aromatic nitrogens is 3. The van der Waals surface area contributed by atoms with Crippen molar-refractivity contribution in [1.29, 1.82) is 0 Å². The number of rotatable bonds is 4. The van der Waals surface area contributed by atoms with Gasteiger partial charge in [0.25, 0.3) is 0 Å². The molecule has 7 heteroatoms. The van der Waals surface area contributed by atoms with Crippen LogP contribution in [0.25, 0.3) is 0 Å². The van der Waals surface area contributed by atoms with Gasteiger partial charge in [-0.1, -0.05) is 31.5 Å². The third-order valence-corrected chi connectivity index (χ3v) is 4.22. The van der Waals surface area contributed by atoms with Crippen LogP contribution >= 0.6 is 11.8 Å². The molecule has 2 rings (SSSR count). The third-order valence-electron chi connectivity index (χ3n) is 3.07. The monoisotopic (exact) mass is 269 g/mol. The Kier molecular flexibility index (Phi) is 4.60. The zero-order valence-electron chi connectivity index (χ0n) is 10.7. The van der Waals surface area contributed by atoms with E-state index in [9.17, 15) is 0 Å². The molecule has 2 unspecified atom stereocenters. The smallest absolute Gasteiger partial charge is 0.321 e. The minimum atomic E-state index is 0.296. The molecule has 100 valence electrons. The Bertz CT molecular complexity index is 381. The fourth-order valence-corrected chi connectivity index (χ4v) is 3.46. The standard InChI is InChI=1S/C11H19N5OS/c1-7-4-3-5-8(6-7)18-11-14-9(16-12)13-10(15-11)17-2/h7-8H,3-6,12H2,1-2H3,(H,13,14,15,16). The molecule has 1 saturated carbocycles. The second-order valence-electron chi connectivity index (χ2n) is 4.58. The highest BCUT2D eigenvalue weighted by Crippen LogP contribution is 2.35. The van der Waals surface area contributed by atoms with Gasteiger partial charge < -0.3 is 4.74 Å². The number of nitrogens with zero attached hydrogens (tertiary/aromatic N) is 3. The summed E-state index contributed by atoms with van der Waals surface area (Å²) in [5.74, 6) is 6.46. The van der Waals surface area contributed by atoms with E-state index in [4.69, 9.17) is 10.6 Å². The van der Waals surface area contributed by atoms with Crippen LogP contribution < -0.4 is 16.0 Å². The molecule has 1 aromatic heterocycles. The van der Waals surface area contributed by atoms with Crippen molar-refractivity contribution < 1.29 is 4.74 Å². The van der Waals surface area contributed by atoms with Crippen molar-refractivity contribution in [3.63, 3.8) is 0 Å². The first-order valence-corrected chi connectivity index (χ1v) is 7.02. The van der Waals surface area contributed by atoms with Gasteiger partial charge in [0.15, 0.2) is 5.16 Å². The summed E-state index contributed by atoms with van der Waals surface area (Å²) >= 11 is 1.69. The number of hydrogen-bond donors (Lipinski definition) is 2. The molecule has 1 heterocycles. The van der Waals surface area contributed by atoms with Crippen LogP contribution in [0.2, 0.25) is 0 Å². The van der Waals surface area contributed by atoms with Gasteiger partial charge >= 0.3 is 6.01 Å². The largest absolute Gasteiger partial charge is 0.467 e. The second kappa shape index (κ2) is 6.19. The van der Waals surface area contributed by atoms with E-state index >= 15 is 0 Å². The number of nitrogen functional groups attached to an aromatic ring is 1. The van der Waals surface area contributed by atoms with Crippen LogP contribution in [0, 0.1) is 5.92 Å². The van der Waals surface area contributed by atoms with Crippen LogP contribution in [0.3, 0.4) is 0 Å². The quantitative estimate of drug-likeness (QED) is 0.637. The predicted molar refractivity (Wildman–Crippen MR) is 71.5 cm³/mol. The molecule has 1 fully saturated rings. The fraction of sp³-hybridized carbons (Fsp3) is 0.727. The molecule has 3 N–H and O–H groups in total. The maximum Gasteiger partial charge on any atom is 0.321 e. The summed E-state index contributed by atoms with van der Waals surface area (Å²) in [6, 6.07) is 0.296. The van der Waals surface area contributed by atoms with Gasteiger partial charge in [-0.15, -0.1) is 0 Å². The van der Waals surface area contributed by atoms with Crippen LogP contribution in [-0.2, 0) is 0 Å². The number of anilines is 1. The van der Waals surface area contributed by atoms with Crippen molar-refractivity contribution in [2.45, 2.75) is 43.0 Å². The molecule has 1 aliphatic carbocycles. The number of nitrogens with one attached hydrogen (secondary N) is 1. The van der Waals surface area contributed by atoms with E-state index < -0.39 is 0 Å². The predicted octanol–water partition coefficient (Wildman–Crippen LogP) is 1.84. The maximum atomic E-state index is 5.33. The van der Waals surface area contributed by atoms with Crippen molar-refractivity contribution in [2.75, 3.05) is 12.5 Å². The van der Waals surface area contributed by atoms with E-state index in [0.29, 0.717) is 22.4 Å². The molecule has 6 nitrogen and oxygen atoms in total. The Hall–Kier alpha value is -1.08. The molecule has 0 bridgehead atoms. The topological polar surface area (TPSA) is 86.0 Å². The van der Waals surface area contributed by atoms with Crippen LogP contribution in [0.1, 0.15) is 32.6 Å². The van der Waals surface area contributed by atoms with Crippen molar-refractivity contribution in [1.82, 2.24) is 15.0 Å². The van der Waals surface area contributed by atoms with Gasteiger partial charge in [0.2, 0.25) is 5.95 Å². The molecule has 18 heavy (non-hydrogen) atoms. The first kappa shape index (κ1) is 13.4. The lowest BCUT2D eigenvalue weighted by Gasteiger charge is -2.25. The number of nitrogens with two attached hydrogens (primary N) is 1. The summed E-state index contributed by atoms with van der Waals surface area (Å²) in [6.07, 6.45) is 5.04. The van der Waals surface area contributed by atoms with Crippen molar-refractivity contribution in [3.8, 4) is 6.01 Å². The number of methoxy groups -OCH3 is 1. The Labute approximate surface area is 111 Å². The molecule has 1 aromatic rings. The lowest BCUT2D eigenvalue weighted by molar-refractivity contribution is 0.373. The van der Waals surface area contributed by atoms with Gasteiger partial charge in [-0.2, -0.15) is 15.0 Å². The Morgan fingerprint density at radius 3 is 2.83 bits per heavy atom. The minimum absolute atomic E-state index is 0.296. The summed E-state index contributed by atoms with van der Waals surface area (Å²) < 4.78 is 5.04. The molecular weight excluding hydrogens is 250 g/mol. The number of thioether (sulfide) groups is 1. The van der Waals surface area contributed by atoms with Crippen molar-refractivity contribution >= 4 is 17.7 Å². The summed E-state index contributed by atoms with van der Waals surface area (Å²) in [7, 11) is 1.53. The highest BCUT2D eigenvalue weighted by molar-refractivity contribution is 7.99. The minimum Gasteiger partial charge on any atom is -0.467 e. The molecule has 0 aliphatic heterocycles. The normalized spacial score (nSPS) is 23.7. The highest BCUT2D eigenvalue weighted by atomic mass is 32.2. The van der Waals surface area contributed by atoms with Gasteiger partial charge in [-0.05, 0) is 18.8 Å². The Morgan fingerprint density at radius 2 is 2.17 bits per heavy atom. The van der Waals surface area contributed by atoms with Gasteiger partial charge in [-0.25, -0.2) is 5.84 Å². The summed E-state index contributed by atoms with van der Waals surface area (Å²) in [5, 5.41) is 1.25. The second-order valence-corrected chi connectivity index (χ2v) is 5.85. The first-order chi connectivity index (χ1) is 8.71. The van der Waals surface area contributed by atoms with Crippen molar-refractivity contribution in [2.24, 2.45) is 11.8 Å². The molecule has 1 aliphatic rings. The maximum absolute atomic E-state index is 5.33. The van der Waals surface area contributed by atoms with Gasteiger partial charge in [0.1, 0.15) is 0 Å². The van der Waals surface area contributed by atoms with Crippen LogP contribution in [0.15, 0.2) is 5.16 Å². The van der Waals surface area contributed by atoms with Crippen LogP contribution in [-0.4, -0.2) is 27.3 Å². The van der Waals surface area contributed by atoms with Gasteiger partial charge in [-0.3, -0.25) is 5.43 Å². The SMILES string of the molecule is COc1nc(NN)nc(SC2CCCC(C)C2)n1. The number of hydrazine groups is 1. The van der Waals surface area contributed by atoms with E-state index in [1.807, 2.05) is 0 Å². The van der Waals surface area contributed by atoms with E-state index in [1.54, 1.807) is 11.8 Å². The summed E-state index contributed by atoms with van der Waals surface area (Å²) in [5.41, 5.74) is 2.43. The lowest BCUT2D eigenvalue weighted by Crippen LogP contribution is -2.16. The number of hydrogen-bond acceptors (Lipinski definition) is 7.